The molecule has 0 saturated carbocycles. The van der Waals surface area contributed by atoms with Gasteiger partial charge in [0.05, 0.1) is 21.9 Å². The van der Waals surface area contributed by atoms with E-state index in [1.165, 1.54) is 23.6 Å². The summed E-state index contributed by atoms with van der Waals surface area (Å²) in [4.78, 5) is 24.1. The first-order valence-corrected chi connectivity index (χ1v) is 7.33. The number of benzene rings is 1. The summed E-state index contributed by atoms with van der Waals surface area (Å²) >= 11 is 13.2. The van der Waals surface area contributed by atoms with Crippen molar-refractivity contribution in [2.75, 3.05) is 5.32 Å². The van der Waals surface area contributed by atoms with Crippen LogP contribution in [-0.4, -0.2) is 18.0 Å². The molecule has 0 saturated heterocycles. The molecule has 1 aromatic heterocycles. The number of hydrazone groups is 1. The van der Waals surface area contributed by atoms with Gasteiger partial charge in [-0.3, -0.25) is 9.59 Å². The highest BCUT2D eigenvalue weighted by molar-refractivity contribution is 7.11. The first-order valence-electron chi connectivity index (χ1n) is 5.70. The van der Waals surface area contributed by atoms with E-state index in [0.29, 0.717) is 0 Å². The number of nitrogens with zero attached hydrogens (tertiary/aromatic N) is 1. The van der Waals surface area contributed by atoms with Gasteiger partial charge < -0.3 is 5.32 Å². The van der Waals surface area contributed by atoms with Gasteiger partial charge in [0.1, 0.15) is 0 Å². The summed E-state index contributed by atoms with van der Waals surface area (Å²) in [6, 6.07) is 8.39. The van der Waals surface area contributed by atoms with Crippen molar-refractivity contribution in [3.05, 3.63) is 50.6 Å². The summed E-state index contributed by atoms with van der Waals surface area (Å²) in [6.45, 7) is 0. The van der Waals surface area contributed by atoms with Gasteiger partial charge in [-0.15, -0.1) is 11.3 Å². The zero-order valence-corrected chi connectivity index (χ0v) is 12.8. The summed E-state index contributed by atoms with van der Waals surface area (Å²) in [6.07, 6.45) is 1.45. The third kappa shape index (κ3) is 4.29. The molecule has 0 atom stereocenters. The van der Waals surface area contributed by atoms with E-state index in [1.54, 1.807) is 12.1 Å². The molecule has 0 aliphatic carbocycles. The number of hydrogen-bond acceptors (Lipinski definition) is 4. The minimum atomic E-state index is -0.904. The third-order valence-corrected chi connectivity index (χ3v) is 3.93. The lowest BCUT2D eigenvalue weighted by atomic mass is 10.3. The fraction of sp³-hybridized carbons (Fsp3) is 0. The van der Waals surface area contributed by atoms with Crippen molar-refractivity contribution >= 4 is 58.3 Å². The summed E-state index contributed by atoms with van der Waals surface area (Å²) in [5.41, 5.74) is 2.38. The summed E-state index contributed by atoms with van der Waals surface area (Å²) in [5.74, 6) is -1.79. The van der Waals surface area contributed by atoms with Crippen LogP contribution < -0.4 is 10.7 Å². The lowest BCUT2D eigenvalue weighted by Crippen LogP contribution is -2.32. The first-order chi connectivity index (χ1) is 10.1. The zero-order chi connectivity index (χ0) is 15.2. The summed E-state index contributed by atoms with van der Waals surface area (Å²) in [7, 11) is 0. The molecule has 2 amide bonds. The molecule has 108 valence electrons. The Labute approximate surface area is 134 Å². The maximum Gasteiger partial charge on any atom is 0.329 e. The molecule has 2 aromatic rings. The third-order valence-electron chi connectivity index (χ3n) is 2.31. The highest BCUT2D eigenvalue weighted by Crippen LogP contribution is 2.29. The minimum absolute atomic E-state index is 0.169. The molecular weight excluding hydrogens is 333 g/mol. The molecule has 0 bridgehead atoms. The molecule has 2 rings (SSSR count). The standard InChI is InChI=1S/C13H9Cl2N3O2S/c14-9-4-1-5-10(11(9)15)17-12(19)13(20)18-16-7-8-3-2-6-21-8/h1-7H,(H,17,19)(H,18,20)/b16-7+. The molecule has 0 fully saturated rings. The van der Waals surface area contributed by atoms with Crippen LogP contribution in [-0.2, 0) is 9.59 Å². The van der Waals surface area contributed by atoms with E-state index in [0.717, 1.165) is 4.88 Å². The average molecular weight is 342 g/mol. The number of carbonyl (C=O) groups excluding carboxylic acids is 2. The van der Waals surface area contributed by atoms with Gasteiger partial charge in [0, 0.05) is 4.88 Å². The fourth-order valence-corrected chi connectivity index (χ4v) is 2.28. The Kier molecular flexibility index (Phi) is 5.32. The number of anilines is 1. The van der Waals surface area contributed by atoms with Gasteiger partial charge in [-0.2, -0.15) is 5.10 Å². The Hall–Kier alpha value is -1.89. The van der Waals surface area contributed by atoms with E-state index in [-0.39, 0.29) is 15.7 Å². The van der Waals surface area contributed by atoms with Gasteiger partial charge in [0.2, 0.25) is 0 Å². The quantitative estimate of drug-likeness (QED) is 0.511. The molecule has 1 heterocycles. The average Bonchev–Trinajstić information content (AvgIpc) is 2.97. The maximum absolute atomic E-state index is 11.7. The highest BCUT2D eigenvalue weighted by Gasteiger charge is 2.15. The topological polar surface area (TPSA) is 70.6 Å². The van der Waals surface area contributed by atoms with Crippen LogP contribution >= 0.6 is 34.5 Å². The largest absolute Gasteiger partial charge is 0.329 e. The molecule has 8 heteroatoms. The molecular formula is C13H9Cl2N3O2S. The number of carbonyl (C=O) groups is 2. The normalized spacial score (nSPS) is 10.6. The number of thiophene rings is 1. The van der Waals surface area contributed by atoms with Gasteiger partial charge in [-0.25, -0.2) is 5.43 Å². The summed E-state index contributed by atoms with van der Waals surface area (Å²) < 4.78 is 0. The van der Waals surface area contributed by atoms with Crippen LogP contribution in [0.25, 0.3) is 0 Å². The van der Waals surface area contributed by atoms with Crippen molar-refractivity contribution in [2.45, 2.75) is 0 Å². The maximum atomic E-state index is 11.7. The van der Waals surface area contributed by atoms with Crippen LogP contribution in [0.3, 0.4) is 0 Å². The van der Waals surface area contributed by atoms with Crippen molar-refractivity contribution in [1.82, 2.24) is 5.43 Å². The lowest BCUT2D eigenvalue weighted by Gasteiger charge is -2.06. The Balaban J connectivity index is 1.94. The molecule has 0 radical (unpaired) electrons. The van der Waals surface area contributed by atoms with E-state index in [4.69, 9.17) is 23.2 Å². The molecule has 2 N–H and O–H groups in total. The predicted octanol–water partition coefficient (Wildman–Crippen LogP) is 3.14. The Morgan fingerprint density at radius 2 is 1.95 bits per heavy atom. The molecule has 0 spiro atoms. The fourth-order valence-electron chi connectivity index (χ4n) is 1.35. The summed E-state index contributed by atoms with van der Waals surface area (Å²) in [5, 5.41) is 8.36. The van der Waals surface area contributed by atoms with Crippen molar-refractivity contribution in [1.29, 1.82) is 0 Å². The van der Waals surface area contributed by atoms with Crippen molar-refractivity contribution < 1.29 is 9.59 Å². The molecule has 1 aromatic carbocycles. The van der Waals surface area contributed by atoms with Crippen LogP contribution in [0.15, 0.2) is 40.8 Å². The van der Waals surface area contributed by atoms with Crippen LogP contribution in [0, 0.1) is 0 Å². The number of amides is 2. The van der Waals surface area contributed by atoms with Crippen LogP contribution in [0.1, 0.15) is 4.88 Å². The van der Waals surface area contributed by atoms with Gasteiger partial charge in [-0.1, -0.05) is 35.3 Å². The van der Waals surface area contributed by atoms with Crippen molar-refractivity contribution in [3.8, 4) is 0 Å². The van der Waals surface area contributed by atoms with Crippen LogP contribution in [0.4, 0.5) is 5.69 Å². The predicted molar refractivity (Wildman–Crippen MR) is 85.1 cm³/mol. The van der Waals surface area contributed by atoms with E-state index >= 15 is 0 Å². The molecule has 5 nitrogen and oxygen atoms in total. The molecule has 0 unspecified atom stereocenters. The Morgan fingerprint density at radius 1 is 1.14 bits per heavy atom. The Bertz CT molecular complexity index is 687. The number of halogens is 2. The van der Waals surface area contributed by atoms with E-state index in [1.807, 2.05) is 17.5 Å². The number of hydrogen-bond donors (Lipinski definition) is 2. The van der Waals surface area contributed by atoms with E-state index in [9.17, 15) is 9.59 Å². The second kappa shape index (κ2) is 7.21. The molecule has 0 aliphatic heterocycles. The van der Waals surface area contributed by atoms with Gasteiger partial charge in [0.15, 0.2) is 0 Å². The SMILES string of the molecule is O=C(N/N=C/c1cccs1)C(=O)Nc1cccc(Cl)c1Cl. The smallest absolute Gasteiger partial charge is 0.316 e. The van der Waals surface area contributed by atoms with Gasteiger partial charge in [-0.05, 0) is 23.6 Å². The molecule has 21 heavy (non-hydrogen) atoms. The molecule has 0 aliphatic rings. The van der Waals surface area contributed by atoms with Crippen molar-refractivity contribution in [3.63, 3.8) is 0 Å². The van der Waals surface area contributed by atoms with Gasteiger partial charge in [0.25, 0.3) is 0 Å². The number of nitrogens with one attached hydrogen (secondary N) is 2. The van der Waals surface area contributed by atoms with Crippen LogP contribution in [0.2, 0.25) is 10.0 Å². The van der Waals surface area contributed by atoms with Crippen molar-refractivity contribution in [2.24, 2.45) is 5.10 Å². The first kappa shape index (κ1) is 15.5. The Morgan fingerprint density at radius 3 is 2.67 bits per heavy atom. The van der Waals surface area contributed by atoms with E-state index in [2.05, 4.69) is 15.8 Å². The monoisotopic (exact) mass is 341 g/mol. The lowest BCUT2D eigenvalue weighted by molar-refractivity contribution is -0.136. The van der Waals surface area contributed by atoms with Crippen LogP contribution in [0.5, 0.6) is 0 Å². The highest BCUT2D eigenvalue weighted by atomic mass is 35.5. The second-order valence-corrected chi connectivity index (χ2v) is 5.53. The van der Waals surface area contributed by atoms with E-state index < -0.39 is 11.8 Å². The van der Waals surface area contributed by atoms with Gasteiger partial charge >= 0.3 is 11.8 Å². The second-order valence-electron chi connectivity index (χ2n) is 3.77. The minimum Gasteiger partial charge on any atom is -0.316 e. The number of rotatable bonds is 3. The zero-order valence-electron chi connectivity index (χ0n) is 10.5.